The normalized spacial score (nSPS) is 12.2. The van der Waals surface area contributed by atoms with E-state index in [4.69, 9.17) is 10.00 Å². The summed E-state index contributed by atoms with van der Waals surface area (Å²) in [4.78, 5) is 0. The van der Waals surface area contributed by atoms with Gasteiger partial charge in [0.15, 0.2) is 0 Å². The van der Waals surface area contributed by atoms with Crippen LogP contribution >= 0.6 is 15.9 Å². The predicted molar refractivity (Wildman–Crippen MR) is 68.4 cm³/mol. The lowest BCUT2D eigenvalue weighted by molar-refractivity contribution is 0.192. The molecule has 0 fully saturated rings. The molecule has 0 saturated carbocycles. The third-order valence-corrected chi connectivity index (χ3v) is 2.69. The number of ether oxygens (including phenoxy) is 1. The molecule has 1 aromatic rings. The van der Waals surface area contributed by atoms with E-state index in [0.29, 0.717) is 17.2 Å². The van der Waals surface area contributed by atoms with E-state index in [9.17, 15) is 0 Å². The molecular formula is C13H16BrNO. The molecule has 16 heavy (non-hydrogen) atoms. The number of benzene rings is 1. The number of nitriles is 1. The Bertz CT molecular complexity index is 395. The van der Waals surface area contributed by atoms with E-state index >= 15 is 0 Å². The first-order chi connectivity index (χ1) is 7.52. The fraction of sp³-hybridized carbons (Fsp3) is 0.462. The van der Waals surface area contributed by atoms with Crippen LogP contribution in [0.5, 0.6) is 5.75 Å². The molecule has 1 atom stereocenters. The van der Waals surface area contributed by atoms with Gasteiger partial charge in [0, 0.05) is 4.47 Å². The molecule has 1 rings (SSSR count). The zero-order chi connectivity index (χ0) is 12.1. The van der Waals surface area contributed by atoms with E-state index in [1.54, 1.807) is 6.07 Å². The molecule has 1 unspecified atom stereocenters. The fourth-order valence-corrected chi connectivity index (χ4v) is 1.95. The molecule has 0 N–H and O–H groups in total. The van der Waals surface area contributed by atoms with E-state index in [0.717, 1.165) is 10.9 Å². The van der Waals surface area contributed by atoms with Crippen LogP contribution in [0.3, 0.4) is 0 Å². The van der Waals surface area contributed by atoms with Gasteiger partial charge in [-0.2, -0.15) is 5.26 Å². The summed E-state index contributed by atoms with van der Waals surface area (Å²) >= 11 is 3.38. The zero-order valence-corrected chi connectivity index (χ0v) is 11.4. The van der Waals surface area contributed by atoms with Gasteiger partial charge >= 0.3 is 0 Å². The van der Waals surface area contributed by atoms with E-state index in [-0.39, 0.29) is 6.10 Å². The minimum Gasteiger partial charge on any atom is -0.489 e. The van der Waals surface area contributed by atoms with Gasteiger partial charge in [0.2, 0.25) is 0 Å². The van der Waals surface area contributed by atoms with Crippen molar-refractivity contribution < 1.29 is 4.74 Å². The average molecular weight is 282 g/mol. The van der Waals surface area contributed by atoms with Crippen molar-refractivity contribution >= 4 is 15.9 Å². The van der Waals surface area contributed by atoms with Crippen LogP contribution < -0.4 is 4.74 Å². The van der Waals surface area contributed by atoms with Crippen molar-refractivity contribution in [2.24, 2.45) is 5.92 Å². The first-order valence-corrected chi connectivity index (χ1v) is 6.18. The highest BCUT2D eigenvalue weighted by molar-refractivity contribution is 9.10. The zero-order valence-electron chi connectivity index (χ0n) is 9.83. The number of hydrogen-bond donors (Lipinski definition) is 0. The maximum absolute atomic E-state index is 8.96. The summed E-state index contributed by atoms with van der Waals surface area (Å²) in [5.41, 5.74) is 0.582. The predicted octanol–water partition coefficient (Wildman–Crippen LogP) is 4.13. The van der Waals surface area contributed by atoms with Gasteiger partial charge in [-0.1, -0.05) is 29.8 Å². The highest BCUT2D eigenvalue weighted by Gasteiger charge is 2.10. The Morgan fingerprint density at radius 3 is 2.62 bits per heavy atom. The van der Waals surface area contributed by atoms with E-state index in [2.05, 4.69) is 35.8 Å². The summed E-state index contributed by atoms with van der Waals surface area (Å²) in [6.45, 7) is 6.35. The molecule has 0 saturated heterocycles. The molecule has 0 aliphatic rings. The van der Waals surface area contributed by atoms with Crippen LogP contribution in [-0.2, 0) is 0 Å². The summed E-state index contributed by atoms with van der Waals surface area (Å²) in [7, 11) is 0. The number of halogens is 1. The van der Waals surface area contributed by atoms with Crippen LogP contribution in [-0.4, -0.2) is 6.10 Å². The van der Waals surface area contributed by atoms with Gasteiger partial charge in [-0.25, -0.2) is 0 Å². The van der Waals surface area contributed by atoms with Crippen molar-refractivity contribution in [3.8, 4) is 11.8 Å². The van der Waals surface area contributed by atoms with Crippen molar-refractivity contribution in [3.05, 3.63) is 28.2 Å². The first-order valence-electron chi connectivity index (χ1n) is 5.39. The second-order valence-corrected chi connectivity index (χ2v) is 5.23. The monoisotopic (exact) mass is 281 g/mol. The standard InChI is InChI=1S/C13H16BrNO/c1-9(2)6-10(3)16-13-7-12(14)5-4-11(13)8-15/h4-5,7,9-10H,6H2,1-3H3. The van der Waals surface area contributed by atoms with Crippen LogP contribution in [0.15, 0.2) is 22.7 Å². The average Bonchev–Trinajstić information content (AvgIpc) is 2.16. The molecule has 0 bridgehead atoms. The molecule has 2 nitrogen and oxygen atoms in total. The molecule has 86 valence electrons. The Kier molecular flexibility index (Phi) is 4.82. The minimum absolute atomic E-state index is 0.126. The lowest BCUT2D eigenvalue weighted by Gasteiger charge is -2.17. The second kappa shape index (κ2) is 5.91. The van der Waals surface area contributed by atoms with Gasteiger partial charge < -0.3 is 4.74 Å². The third kappa shape index (κ3) is 3.86. The summed E-state index contributed by atoms with van der Waals surface area (Å²) in [5, 5.41) is 8.96. The van der Waals surface area contributed by atoms with E-state index < -0.39 is 0 Å². The van der Waals surface area contributed by atoms with Crippen LogP contribution in [0.4, 0.5) is 0 Å². The maximum atomic E-state index is 8.96. The Morgan fingerprint density at radius 1 is 1.38 bits per heavy atom. The molecule has 3 heteroatoms. The van der Waals surface area contributed by atoms with E-state index in [1.807, 2.05) is 19.1 Å². The van der Waals surface area contributed by atoms with Gasteiger partial charge in [0.05, 0.1) is 11.7 Å². The van der Waals surface area contributed by atoms with Crippen LogP contribution in [0.1, 0.15) is 32.8 Å². The Morgan fingerprint density at radius 2 is 2.06 bits per heavy atom. The van der Waals surface area contributed by atoms with Crippen LogP contribution in [0.2, 0.25) is 0 Å². The summed E-state index contributed by atoms with van der Waals surface area (Å²) in [6, 6.07) is 7.59. The molecule has 0 aromatic heterocycles. The van der Waals surface area contributed by atoms with Gasteiger partial charge in [0.25, 0.3) is 0 Å². The Balaban J connectivity index is 2.80. The minimum atomic E-state index is 0.126. The maximum Gasteiger partial charge on any atom is 0.138 e. The topological polar surface area (TPSA) is 33.0 Å². The van der Waals surface area contributed by atoms with Gasteiger partial charge in [0.1, 0.15) is 11.8 Å². The van der Waals surface area contributed by atoms with Crippen LogP contribution in [0, 0.1) is 17.2 Å². The molecule has 0 radical (unpaired) electrons. The van der Waals surface area contributed by atoms with Crippen molar-refractivity contribution in [2.45, 2.75) is 33.3 Å². The summed E-state index contributed by atoms with van der Waals surface area (Å²) in [5.74, 6) is 1.25. The lowest BCUT2D eigenvalue weighted by atomic mass is 10.1. The quantitative estimate of drug-likeness (QED) is 0.831. The van der Waals surface area contributed by atoms with Gasteiger partial charge in [-0.15, -0.1) is 0 Å². The van der Waals surface area contributed by atoms with Gasteiger partial charge in [-0.3, -0.25) is 0 Å². The van der Waals surface area contributed by atoms with Gasteiger partial charge in [-0.05, 0) is 37.5 Å². The van der Waals surface area contributed by atoms with Crippen molar-refractivity contribution in [2.75, 3.05) is 0 Å². The summed E-state index contributed by atoms with van der Waals surface area (Å²) < 4.78 is 6.70. The molecule has 1 aromatic carbocycles. The van der Waals surface area contributed by atoms with Crippen molar-refractivity contribution in [1.29, 1.82) is 5.26 Å². The number of rotatable bonds is 4. The molecule has 0 amide bonds. The molecule has 0 heterocycles. The third-order valence-electron chi connectivity index (χ3n) is 2.20. The van der Waals surface area contributed by atoms with Crippen LogP contribution in [0.25, 0.3) is 0 Å². The largest absolute Gasteiger partial charge is 0.489 e. The Labute approximate surface area is 105 Å². The molecule has 0 aliphatic carbocycles. The van der Waals surface area contributed by atoms with Crippen molar-refractivity contribution in [3.63, 3.8) is 0 Å². The molecular weight excluding hydrogens is 266 g/mol. The second-order valence-electron chi connectivity index (χ2n) is 4.31. The smallest absolute Gasteiger partial charge is 0.138 e. The van der Waals surface area contributed by atoms with Crippen molar-refractivity contribution in [1.82, 2.24) is 0 Å². The molecule has 0 aliphatic heterocycles. The fourth-order valence-electron chi connectivity index (χ4n) is 1.61. The Hall–Kier alpha value is -1.01. The number of nitrogens with zero attached hydrogens (tertiary/aromatic N) is 1. The highest BCUT2D eigenvalue weighted by atomic mass is 79.9. The summed E-state index contributed by atoms with van der Waals surface area (Å²) in [6.07, 6.45) is 1.11. The number of hydrogen-bond acceptors (Lipinski definition) is 2. The SMILES string of the molecule is CC(C)CC(C)Oc1cc(Br)ccc1C#N. The lowest BCUT2D eigenvalue weighted by Crippen LogP contribution is -2.15. The van der Waals surface area contributed by atoms with E-state index in [1.165, 1.54) is 0 Å². The first kappa shape index (κ1) is 13.1. The molecule has 0 spiro atoms. The highest BCUT2D eigenvalue weighted by Crippen LogP contribution is 2.25.